The lowest BCUT2D eigenvalue weighted by Crippen LogP contribution is -2.64. The third kappa shape index (κ3) is 2.87. The van der Waals surface area contributed by atoms with E-state index in [1.807, 2.05) is 6.92 Å². The first-order chi connectivity index (χ1) is 15.1. The smallest absolute Gasteiger partial charge is 0.309 e. The maximum Gasteiger partial charge on any atom is 0.309 e. The van der Waals surface area contributed by atoms with Crippen LogP contribution in [0.15, 0.2) is 11.6 Å². The van der Waals surface area contributed by atoms with Crippen LogP contribution in [-0.2, 0) is 4.79 Å². The Morgan fingerprint density at radius 1 is 0.879 bits per heavy atom. The molecular formula is C30H48O3. The molecule has 3 nitrogen and oxygen atoms in total. The van der Waals surface area contributed by atoms with Crippen LogP contribution in [0.5, 0.6) is 0 Å². The number of rotatable bonds is 1. The highest BCUT2D eigenvalue weighted by atomic mass is 16.4. The predicted molar refractivity (Wildman–Crippen MR) is 133 cm³/mol. The Morgan fingerprint density at radius 2 is 1.55 bits per heavy atom. The highest BCUT2D eigenvalue weighted by Gasteiger charge is 2.68. The van der Waals surface area contributed by atoms with Gasteiger partial charge in [-0.15, -0.1) is 0 Å². The van der Waals surface area contributed by atoms with E-state index in [2.05, 4.69) is 47.6 Å². The molecule has 4 fully saturated rings. The molecule has 2 N–H and O–H groups in total. The maximum atomic E-state index is 12.2. The molecule has 5 aliphatic carbocycles. The summed E-state index contributed by atoms with van der Waals surface area (Å²) in [5.41, 5.74) is 1.94. The van der Waals surface area contributed by atoms with Gasteiger partial charge in [0.1, 0.15) is 0 Å². The first-order valence-corrected chi connectivity index (χ1v) is 13.8. The molecule has 3 heteroatoms. The van der Waals surface area contributed by atoms with Gasteiger partial charge < -0.3 is 10.2 Å². The second kappa shape index (κ2) is 6.89. The minimum Gasteiger partial charge on any atom is -0.481 e. The number of fused-ring (bicyclic) bond motifs is 7. The number of carboxylic acids is 1. The minimum atomic E-state index is -0.603. The summed E-state index contributed by atoms with van der Waals surface area (Å²) in [6.45, 7) is 16.8. The summed E-state index contributed by atoms with van der Waals surface area (Å²) in [6.07, 6.45) is 13.2. The Morgan fingerprint density at radius 3 is 2.21 bits per heavy atom. The van der Waals surface area contributed by atoms with Crippen molar-refractivity contribution in [3.63, 3.8) is 0 Å². The minimum absolute atomic E-state index is 0.0168. The third-order valence-electron chi connectivity index (χ3n) is 13.3. The fourth-order valence-electron chi connectivity index (χ4n) is 10.5. The summed E-state index contributed by atoms with van der Waals surface area (Å²) in [5, 5.41) is 20.9. The van der Waals surface area contributed by atoms with E-state index in [1.165, 1.54) is 25.7 Å². The number of aliphatic hydroxyl groups is 1. The molecule has 9 atom stereocenters. The lowest BCUT2D eigenvalue weighted by molar-refractivity contribution is -0.203. The van der Waals surface area contributed by atoms with Crippen LogP contribution in [-0.4, -0.2) is 22.3 Å². The van der Waals surface area contributed by atoms with Gasteiger partial charge in [0.2, 0.25) is 0 Å². The Labute approximate surface area is 201 Å². The van der Waals surface area contributed by atoms with Crippen molar-refractivity contribution in [2.75, 3.05) is 0 Å². The number of allylic oxidation sites excluding steroid dienone is 2. The van der Waals surface area contributed by atoms with E-state index < -0.39 is 11.4 Å². The first kappa shape index (κ1) is 23.9. The van der Waals surface area contributed by atoms with Gasteiger partial charge in [0.25, 0.3) is 0 Å². The van der Waals surface area contributed by atoms with E-state index in [0.717, 1.165) is 38.5 Å². The van der Waals surface area contributed by atoms with Gasteiger partial charge in [0.15, 0.2) is 0 Å². The molecule has 0 aromatic carbocycles. The topological polar surface area (TPSA) is 57.5 Å². The van der Waals surface area contributed by atoms with Crippen molar-refractivity contribution in [3.05, 3.63) is 11.6 Å². The van der Waals surface area contributed by atoms with Crippen molar-refractivity contribution in [1.29, 1.82) is 0 Å². The van der Waals surface area contributed by atoms with Crippen LogP contribution in [0.3, 0.4) is 0 Å². The first-order valence-electron chi connectivity index (χ1n) is 13.8. The van der Waals surface area contributed by atoms with Crippen molar-refractivity contribution < 1.29 is 15.0 Å². The molecule has 4 saturated carbocycles. The lowest BCUT2D eigenvalue weighted by Gasteiger charge is -2.71. The average Bonchev–Trinajstić information content (AvgIpc) is 2.73. The number of aliphatic hydroxyl groups excluding tert-OH is 1. The molecule has 0 aromatic heterocycles. The summed E-state index contributed by atoms with van der Waals surface area (Å²) in [5.74, 6) is 1.01. The van der Waals surface area contributed by atoms with Gasteiger partial charge in [-0.05, 0) is 116 Å². The quantitative estimate of drug-likeness (QED) is 0.409. The average molecular weight is 457 g/mol. The van der Waals surface area contributed by atoms with E-state index in [4.69, 9.17) is 0 Å². The van der Waals surface area contributed by atoms with Crippen molar-refractivity contribution in [2.24, 2.45) is 50.2 Å². The molecule has 0 heterocycles. The fraction of sp³-hybridized carbons (Fsp3) is 0.900. The molecular weight excluding hydrogens is 408 g/mol. The maximum absolute atomic E-state index is 12.2. The number of hydrogen-bond acceptors (Lipinski definition) is 2. The van der Waals surface area contributed by atoms with E-state index in [9.17, 15) is 15.0 Å². The largest absolute Gasteiger partial charge is 0.481 e. The van der Waals surface area contributed by atoms with Crippen LogP contribution in [0.1, 0.15) is 113 Å². The van der Waals surface area contributed by atoms with Gasteiger partial charge in [-0.25, -0.2) is 0 Å². The molecule has 0 aliphatic heterocycles. The summed E-state index contributed by atoms with van der Waals surface area (Å²) < 4.78 is 0. The Hall–Kier alpha value is -0.830. The predicted octanol–water partition coefficient (Wildman–Crippen LogP) is 7.23. The second-order valence-corrected chi connectivity index (χ2v) is 14.9. The zero-order valence-electron chi connectivity index (χ0n) is 22.3. The summed E-state index contributed by atoms with van der Waals surface area (Å²) >= 11 is 0. The van der Waals surface area contributed by atoms with Gasteiger partial charge in [-0.3, -0.25) is 4.79 Å². The van der Waals surface area contributed by atoms with Gasteiger partial charge in [0.05, 0.1) is 11.5 Å². The summed E-state index contributed by atoms with van der Waals surface area (Å²) in [6, 6.07) is 0. The third-order valence-corrected chi connectivity index (χ3v) is 13.3. The van der Waals surface area contributed by atoms with Crippen molar-refractivity contribution >= 4 is 5.97 Å². The number of hydrogen-bond donors (Lipinski definition) is 2. The van der Waals surface area contributed by atoms with E-state index in [-0.39, 0.29) is 33.2 Å². The van der Waals surface area contributed by atoms with Crippen LogP contribution in [0.25, 0.3) is 0 Å². The fourth-order valence-corrected chi connectivity index (χ4v) is 10.5. The van der Waals surface area contributed by atoms with Gasteiger partial charge in [-0.2, -0.15) is 0 Å². The zero-order valence-corrected chi connectivity index (χ0v) is 22.3. The van der Waals surface area contributed by atoms with Crippen LogP contribution in [0.4, 0.5) is 0 Å². The van der Waals surface area contributed by atoms with Crippen LogP contribution < -0.4 is 0 Å². The molecule has 0 unspecified atom stereocenters. The van der Waals surface area contributed by atoms with Crippen molar-refractivity contribution in [2.45, 2.75) is 119 Å². The standard InChI is InChI=1S/C30H48O3/c1-25(2)21-10-13-30(7)22(28(21,5)12-11-23(25)31)9-8-19-20-18-27(4,24(32)33)15-14-26(20,3)16-17-29(19,30)6/h8,20-23,31H,9-18H2,1-7H3,(H,32,33)/t20-,21+,22-,23+,26-,27+,28+,29-,30-/m1/s1. The molecule has 33 heavy (non-hydrogen) atoms. The highest BCUT2D eigenvalue weighted by molar-refractivity contribution is 5.74. The monoisotopic (exact) mass is 456 g/mol. The number of carboxylic acid groups (broad SMARTS) is 1. The molecule has 5 rings (SSSR count). The van der Waals surface area contributed by atoms with E-state index in [1.54, 1.807) is 5.57 Å². The second-order valence-electron chi connectivity index (χ2n) is 14.9. The number of carbonyl (C=O) groups is 1. The van der Waals surface area contributed by atoms with Crippen LogP contribution in [0, 0.1) is 50.2 Å². The lowest BCUT2D eigenvalue weighted by atomic mass is 9.33. The van der Waals surface area contributed by atoms with Crippen LogP contribution in [0.2, 0.25) is 0 Å². The highest BCUT2D eigenvalue weighted by Crippen LogP contribution is 2.75. The molecule has 186 valence electrons. The molecule has 0 amide bonds. The van der Waals surface area contributed by atoms with Gasteiger partial charge in [0, 0.05) is 0 Å². The van der Waals surface area contributed by atoms with Crippen molar-refractivity contribution in [3.8, 4) is 0 Å². The van der Waals surface area contributed by atoms with Crippen LogP contribution >= 0.6 is 0 Å². The zero-order chi connectivity index (χ0) is 24.2. The molecule has 0 saturated heterocycles. The Bertz CT molecular complexity index is 889. The molecule has 5 aliphatic rings. The number of aliphatic carboxylic acids is 1. The molecule has 0 radical (unpaired) electrons. The Balaban J connectivity index is 1.57. The normalized spacial score (nSPS) is 55.3. The molecule has 0 bridgehead atoms. The van der Waals surface area contributed by atoms with Crippen molar-refractivity contribution in [1.82, 2.24) is 0 Å². The summed E-state index contributed by atoms with van der Waals surface area (Å²) in [7, 11) is 0. The summed E-state index contributed by atoms with van der Waals surface area (Å²) in [4.78, 5) is 12.2. The molecule has 0 aromatic rings. The van der Waals surface area contributed by atoms with E-state index in [0.29, 0.717) is 17.8 Å². The van der Waals surface area contributed by atoms with Gasteiger partial charge >= 0.3 is 5.97 Å². The Kier molecular flexibility index (Phi) is 4.99. The van der Waals surface area contributed by atoms with E-state index >= 15 is 0 Å². The van der Waals surface area contributed by atoms with Gasteiger partial charge in [-0.1, -0.05) is 53.2 Å². The molecule has 0 spiro atoms. The SMILES string of the molecule is CC1(C)[C@@H](O)CC[C@]2(C)[C@H]3CC=C4[C@H]5C[C@@](C)(C(=O)O)CC[C@]5(C)CC[C@@]4(C)[C@]3(C)CC[C@@H]12.